The molecule has 1 heterocycles. The highest BCUT2D eigenvalue weighted by atomic mass is 32.2. The lowest BCUT2D eigenvalue weighted by molar-refractivity contribution is 0.251. The smallest absolute Gasteiger partial charge is 0.214 e. The Labute approximate surface area is 95.6 Å². The van der Waals surface area contributed by atoms with Crippen molar-refractivity contribution >= 4 is 10.0 Å². The van der Waals surface area contributed by atoms with Gasteiger partial charge in [-0.25, -0.2) is 8.42 Å². The monoisotopic (exact) mass is 241 g/mol. The molecular weight excluding hydrogens is 226 g/mol. The zero-order valence-electron chi connectivity index (χ0n) is 8.96. The molecule has 0 unspecified atom stereocenters. The predicted octanol–water partition coefficient (Wildman–Crippen LogP) is 0.367. The van der Waals surface area contributed by atoms with E-state index in [2.05, 4.69) is 0 Å². The highest BCUT2D eigenvalue weighted by molar-refractivity contribution is 7.89. The Morgan fingerprint density at radius 2 is 1.94 bits per heavy atom. The maximum absolute atomic E-state index is 11.9. The summed E-state index contributed by atoms with van der Waals surface area (Å²) in [6.45, 7) is 0.414. The van der Waals surface area contributed by atoms with Crippen LogP contribution in [0.5, 0.6) is 0 Å². The van der Waals surface area contributed by atoms with E-state index in [1.165, 1.54) is 4.31 Å². The van der Waals surface area contributed by atoms with Crippen LogP contribution in [-0.4, -0.2) is 36.7 Å². The molecule has 1 aromatic carbocycles. The molecule has 5 heteroatoms. The number of sulfonamides is 1. The molecule has 16 heavy (non-hydrogen) atoms. The average molecular weight is 241 g/mol. The van der Waals surface area contributed by atoms with Crippen LogP contribution in [0.4, 0.5) is 0 Å². The first-order valence-corrected chi connectivity index (χ1v) is 6.90. The Kier molecular flexibility index (Phi) is 3.28. The van der Waals surface area contributed by atoms with Gasteiger partial charge in [0.1, 0.15) is 0 Å². The Hall–Kier alpha value is -0.910. The molecule has 0 saturated carbocycles. The van der Waals surface area contributed by atoms with Gasteiger partial charge in [0.05, 0.1) is 12.4 Å². The second-order valence-corrected chi connectivity index (χ2v) is 5.98. The van der Waals surface area contributed by atoms with Gasteiger partial charge in [-0.1, -0.05) is 24.3 Å². The second-order valence-electron chi connectivity index (χ2n) is 3.89. The summed E-state index contributed by atoms with van der Waals surface area (Å²) in [6.07, 6.45) is 0.556. The van der Waals surface area contributed by atoms with Crippen LogP contribution in [0.3, 0.4) is 0 Å². The number of benzene rings is 1. The highest BCUT2D eigenvalue weighted by Crippen LogP contribution is 2.20. The Balaban J connectivity index is 2.34. The maximum Gasteiger partial charge on any atom is 0.214 e. The van der Waals surface area contributed by atoms with Crippen LogP contribution in [-0.2, 0) is 23.0 Å². The first kappa shape index (κ1) is 11.6. The molecule has 0 radical (unpaired) electrons. The van der Waals surface area contributed by atoms with E-state index in [0.29, 0.717) is 13.0 Å². The van der Waals surface area contributed by atoms with E-state index in [1.807, 2.05) is 24.3 Å². The fourth-order valence-electron chi connectivity index (χ4n) is 1.94. The minimum Gasteiger partial charge on any atom is -0.395 e. The molecule has 0 aromatic heterocycles. The first-order valence-electron chi connectivity index (χ1n) is 5.29. The van der Waals surface area contributed by atoms with Crippen molar-refractivity contribution in [3.8, 4) is 0 Å². The summed E-state index contributed by atoms with van der Waals surface area (Å²) in [5.74, 6) is 0.129. The van der Waals surface area contributed by atoms with Gasteiger partial charge in [0.25, 0.3) is 0 Å². The summed E-state index contributed by atoms with van der Waals surface area (Å²) in [4.78, 5) is 0. The van der Waals surface area contributed by atoms with E-state index in [4.69, 9.17) is 5.11 Å². The quantitative estimate of drug-likeness (QED) is 0.813. The third-order valence-electron chi connectivity index (χ3n) is 2.84. The third-order valence-corrected chi connectivity index (χ3v) is 4.66. The molecule has 88 valence electrons. The SMILES string of the molecule is O=S1(=O)CCc2ccccc2CN1CCO. The van der Waals surface area contributed by atoms with Gasteiger partial charge in [0.2, 0.25) is 10.0 Å². The number of hydrogen-bond acceptors (Lipinski definition) is 3. The number of fused-ring (bicyclic) bond motifs is 1. The zero-order valence-corrected chi connectivity index (χ0v) is 9.78. The van der Waals surface area contributed by atoms with Crippen LogP contribution >= 0.6 is 0 Å². The van der Waals surface area contributed by atoms with Crippen molar-refractivity contribution in [1.29, 1.82) is 0 Å². The number of β-amino-alcohol motifs (C(OH)–C–C–N with tert-alkyl or cyclic N) is 1. The molecule has 0 fully saturated rings. The molecular formula is C11H15NO3S. The minimum atomic E-state index is -3.22. The van der Waals surface area contributed by atoms with Gasteiger partial charge in [-0.2, -0.15) is 4.31 Å². The van der Waals surface area contributed by atoms with Gasteiger partial charge in [-0.15, -0.1) is 0 Å². The largest absolute Gasteiger partial charge is 0.395 e. The first-order chi connectivity index (χ1) is 7.63. The van der Waals surface area contributed by atoms with Gasteiger partial charge in [-0.05, 0) is 17.5 Å². The van der Waals surface area contributed by atoms with Gasteiger partial charge in [0, 0.05) is 13.1 Å². The molecule has 0 atom stereocenters. The third kappa shape index (κ3) is 2.26. The summed E-state index contributed by atoms with van der Waals surface area (Å²) in [5.41, 5.74) is 2.13. The topological polar surface area (TPSA) is 57.6 Å². The normalized spacial score (nSPS) is 20.1. The predicted molar refractivity (Wildman–Crippen MR) is 61.4 cm³/mol. The molecule has 2 rings (SSSR count). The Morgan fingerprint density at radius 1 is 1.25 bits per heavy atom. The average Bonchev–Trinajstić information content (AvgIpc) is 2.38. The van der Waals surface area contributed by atoms with Crippen molar-refractivity contribution in [3.63, 3.8) is 0 Å². The zero-order chi connectivity index (χ0) is 11.6. The summed E-state index contributed by atoms with van der Waals surface area (Å²) >= 11 is 0. The van der Waals surface area contributed by atoms with Crippen LogP contribution in [0.25, 0.3) is 0 Å². The van der Waals surface area contributed by atoms with Crippen molar-refractivity contribution in [3.05, 3.63) is 35.4 Å². The molecule has 1 aromatic rings. The number of aliphatic hydroxyl groups excluding tert-OH is 1. The van der Waals surface area contributed by atoms with E-state index in [9.17, 15) is 8.42 Å². The fraction of sp³-hybridized carbons (Fsp3) is 0.455. The summed E-state index contributed by atoms with van der Waals surface area (Å²) in [5, 5.41) is 8.88. The van der Waals surface area contributed by atoms with Crippen LogP contribution in [0.2, 0.25) is 0 Å². The summed E-state index contributed by atoms with van der Waals surface area (Å²) in [7, 11) is -3.22. The van der Waals surface area contributed by atoms with Crippen LogP contribution in [0.15, 0.2) is 24.3 Å². The van der Waals surface area contributed by atoms with E-state index in [-0.39, 0.29) is 18.9 Å². The molecule has 1 N–H and O–H groups in total. The molecule has 4 nitrogen and oxygen atoms in total. The number of hydrogen-bond donors (Lipinski definition) is 1. The molecule has 0 spiro atoms. The Morgan fingerprint density at radius 3 is 2.62 bits per heavy atom. The van der Waals surface area contributed by atoms with Gasteiger partial charge in [-0.3, -0.25) is 0 Å². The second kappa shape index (κ2) is 4.53. The van der Waals surface area contributed by atoms with Crippen molar-refractivity contribution in [2.75, 3.05) is 18.9 Å². The van der Waals surface area contributed by atoms with Crippen molar-refractivity contribution in [2.45, 2.75) is 13.0 Å². The van der Waals surface area contributed by atoms with Gasteiger partial charge >= 0.3 is 0 Å². The molecule has 0 amide bonds. The van der Waals surface area contributed by atoms with Crippen molar-refractivity contribution in [2.24, 2.45) is 0 Å². The molecule has 1 aliphatic heterocycles. The lowest BCUT2D eigenvalue weighted by atomic mass is 10.1. The maximum atomic E-state index is 11.9. The van der Waals surface area contributed by atoms with E-state index >= 15 is 0 Å². The van der Waals surface area contributed by atoms with Crippen LogP contribution in [0.1, 0.15) is 11.1 Å². The number of aryl methyl sites for hydroxylation is 1. The lowest BCUT2D eigenvalue weighted by Crippen LogP contribution is -2.33. The van der Waals surface area contributed by atoms with E-state index in [0.717, 1.165) is 11.1 Å². The van der Waals surface area contributed by atoms with Gasteiger partial charge < -0.3 is 5.11 Å². The molecule has 0 saturated heterocycles. The highest BCUT2D eigenvalue weighted by Gasteiger charge is 2.25. The molecule has 0 aliphatic carbocycles. The molecule has 1 aliphatic rings. The minimum absolute atomic E-state index is 0.129. The van der Waals surface area contributed by atoms with Crippen LogP contribution < -0.4 is 0 Å². The van der Waals surface area contributed by atoms with Gasteiger partial charge in [0.15, 0.2) is 0 Å². The molecule has 0 bridgehead atoms. The summed E-state index contributed by atoms with van der Waals surface area (Å²) in [6, 6.07) is 7.74. The number of rotatable bonds is 2. The van der Waals surface area contributed by atoms with Crippen molar-refractivity contribution < 1.29 is 13.5 Å². The standard InChI is InChI=1S/C11H15NO3S/c13-7-6-12-9-11-4-2-1-3-10(11)5-8-16(12,14)15/h1-4,13H,5-9H2. The fourth-order valence-corrected chi connectivity index (χ4v) is 3.37. The van der Waals surface area contributed by atoms with Crippen LogP contribution in [0, 0.1) is 0 Å². The number of aliphatic hydroxyl groups is 1. The lowest BCUT2D eigenvalue weighted by Gasteiger charge is -2.18. The Bertz CT molecular complexity index is 470. The van der Waals surface area contributed by atoms with Crippen molar-refractivity contribution in [1.82, 2.24) is 4.31 Å². The number of nitrogens with zero attached hydrogens (tertiary/aromatic N) is 1. The summed E-state index contributed by atoms with van der Waals surface area (Å²) < 4.78 is 25.1. The van der Waals surface area contributed by atoms with E-state index in [1.54, 1.807) is 0 Å². The van der Waals surface area contributed by atoms with E-state index < -0.39 is 10.0 Å².